The first-order valence-corrected chi connectivity index (χ1v) is 10.2. The molecule has 2 aromatic carbocycles. The van der Waals surface area contributed by atoms with Gasteiger partial charge in [-0.3, -0.25) is 4.90 Å². The molecule has 0 saturated carbocycles. The van der Waals surface area contributed by atoms with Crippen LogP contribution in [0.15, 0.2) is 47.4 Å². The van der Waals surface area contributed by atoms with E-state index in [4.69, 9.17) is 23.2 Å². The van der Waals surface area contributed by atoms with Gasteiger partial charge in [-0.2, -0.15) is 0 Å². The van der Waals surface area contributed by atoms with E-state index < -0.39 is 6.10 Å². The third-order valence-corrected chi connectivity index (χ3v) is 6.51. The second-order valence-electron chi connectivity index (χ2n) is 6.28. The van der Waals surface area contributed by atoms with Crippen molar-refractivity contribution in [3.8, 4) is 0 Å². The third-order valence-electron chi connectivity index (χ3n) is 4.37. The molecule has 0 aliphatic carbocycles. The minimum atomic E-state index is -0.454. The van der Waals surface area contributed by atoms with E-state index in [9.17, 15) is 9.50 Å². The predicted molar refractivity (Wildman–Crippen MR) is 108 cm³/mol. The highest BCUT2D eigenvalue weighted by molar-refractivity contribution is 7.99. The Morgan fingerprint density at radius 3 is 2.23 bits per heavy atom. The molecule has 26 heavy (non-hydrogen) atoms. The summed E-state index contributed by atoms with van der Waals surface area (Å²) in [6.07, 6.45) is -0.454. The number of β-amino-alcohol motifs (C(OH)–C–C–N with tert-alkyl or cyclic N) is 1. The number of aliphatic hydroxyl groups is 1. The first kappa shape index (κ1) is 19.8. The molecule has 3 rings (SSSR count). The fraction of sp³-hybridized carbons (Fsp3) is 0.368. The molecule has 7 heteroatoms. The molecule has 0 spiro atoms. The van der Waals surface area contributed by atoms with Crippen molar-refractivity contribution in [3.63, 3.8) is 0 Å². The van der Waals surface area contributed by atoms with Gasteiger partial charge in [0.15, 0.2) is 0 Å². The Morgan fingerprint density at radius 1 is 1.00 bits per heavy atom. The van der Waals surface area contributed by atoms with E-state index in [1.807, 2.05) is 18.2 Å². The molecular formula is C19H21Cl2FN2OS. The van der Waals surface area contributed by atoms with Crippen LogP contribution in [-0.4, -0.2) is 54.6 Å². The third kappa shape index (κ3) is 5.27. The van der Waals surface area contributed by atoms with Crippen LogP contribution < -0.4 is 4.90 Å². The average molecular weight is 415 g/mol. The Balaban J connectivity index is 1.44. The van der Waals surface area contributed by atoms with E-state index in [2.05, 4.69) is 9.80 Å². The standard InChI is InChI=1S/C19H21Cl2FN2OS/c20-17-2-1-3-18(21)19(17)26-13-16(25)12-23-8-10-24(11-9-23)15-6-4-14(22)5-7-15/h1-7,16,25H,8-13H2/t16-/m1/s1. The number of piperazine rings is 1. The largest absolute Gasteiger partial charge is 0.391 e. The zero-order valence-electron chi connectivity index (χ0n) is 14.2. The highest BCUT2D eigenvalue weighted by Crippen LogP contribution is 2.34. The summed E-state index contributed by atoms with van der Waals surface area (Å²) >= 11 is 13.8. The van der Waals surface area contributed by atoms with Gasteiger partial charge in [-0.15, -0.1) is 11.8 Å². The summed E-state index contributed by atoms with van der Waals surface area (Å²) < 4.78 is 13.0. The number of hydrogen-bond acceptors (Lipinski definition) is 4. The monoisotopic (exact) mass is 414 g/mol. The maximum Gasteiger partial charge on any atom is 0.123 e. The van der Waals surface area contributed by atoms with E-state index in [-0.39, 0.29) is 5.82 Å². The quantitative estimate of drug-likeness (QED) is 0.708. The molecule has 1 aliphatic heterocycles. The lowest BCUT2D eigenvalue weighted by atomic mass is 10.2. The van der Waals surface area contributed by atoms with E-state index in [0.29, 0.717) is 22.3 Å². The molecule has 140 valence electrons. The van der Waals surface area contributed by atoms with Gasteiger partial charge in [-0.1, -0.05) is 29.3 Å². The van der Waals surface area contributed by atoms with Gasteiger partial charge >= 0.3 is 0 Å². The van der Waals surface area contributed by atoms with Crippen molar-refractivity contribution >= 4 is 40.7 Å². The second-order valence-corrected chi connectivity index (χ2v) is 8.12. The summed E-state index contributed by atoms with van der Waals surface area (Å²) in [6, 6.07) is 12.0. The number of nitrogens with zero attached hydrogens (tertiary/aromatic N) is 2. The number of halogens is 3. The normalized spacial score (nSPS) is 16.7. The first-order chi connectivity index (χ1) is 12.5. The number of rotatable bonds is 6. The molecule has 0 bridgehead atoms. The van der Waals surface area contributed by atoms with Crippen molar-refractivity contribution in [2.24, 2.45) is 0 Å². The van der Waals surface area contributed by atoms with Crippen LogP contribution >= 0.6 is 35.0 Å². The van der Waals surface area contributed by atoms with Crippen molar-refractivity contribution in [2.45, 2.75) is 11.0 Å². The lowest BCUT2D eigenvalue weighted by Crippen LogP contribution is -2.48. The molecular weight excluding hydrogens is 394 g/mol. The maximum atomic E-state index is 13.0. The average Bonchev–Trinajstić information content (AvgIpc) is 2.63. The fourth-order valence-electron chi connectivity index (χ4n) is 2.99. The van der Waals surface area contributed by atoms with Gasteiger partial charge in [0.25, 0.3) is 0 Å². The van der Waals surface area contributed by atoms with Crippen molar-refractivity contribution < 1.29 is 9.50 Å². The zero-order chi connectivity index (χ0) is 18.5. The Morgan fingerprint density at radius 2 is 1.62 bits per heavy atom. The van der Waals surface area contributed by atoms with Gasteiger partial charge in [0.1, 0.15) is 5.82 Å². The van der Waals surface area contributed by atoms with Gasteiger partial charge in [0, 0.05) is 49.1 Å². The Labute approximate surface area is 167 Å². The minimum absolute atomic E-state index is 0.216. The molecule has 0 aromatic heterocycles. The number of benzene rings is 2. The fourth-order valence-corrected chi connectivity index (χ4v) is 4.59. The minimum Gasteiger partial charge on any atom is -0.391 e. The lowest BCUT2D eigenvalue weighted by molar-refractivity contribution is 0.126. The van der Waals surface area contributed by atoms with Gasteiger partial charge in [-0.25, -0.2) is 4.39 Å². The maximum absolute atomic E-state index is 13.0. The van der Waals surface area contributed by atoms with Crippen LogP contribution in [0, 0.1) is 5.82 Å². The van der Waals surface area contributed by atoms with Crippen LogP contribution in [-0.2, 0) is 0 Å². The molecule has 1 fully saturated rings. The zero-order valence-corrected chi connectivity index (χ0v) is 16.6. The lowest BCUT2D eigenvalue weighted by Gasteiger charge is -2.36. The predicted octanol–water partition coefficient (Wildman–Crippen LogP) is 4.41. The molecule has 0 amide bonds. The molecule has 3 nitrogen and oxygen atoms in total. The van der Waals surface area contributed by atoms with Gasteiger partial charge in [-0.05, 0) is 36.4 Å². The van der Waals surface area contributed by atoms with E-state index in [1.54, 1.807) is 12.1 Å². The van der Waals surface area contributed by atoms with E-state index >= 15 is 0 Å². The van der Waals surface area contributed by atoms with Crippen LogP contribution in [0.1, 0.15) is 0 Å². The van der Waals surface area contributed by atoms with Crippen LogP contribution in [0.2, 0.25) is 10.0 Å². The molecule has 0 unspecified atom stereocenters. The summed E-state index contributed by atoms with van der Waals surface area (Å²) in [7, 11) is 0. The first-order valence-electron chi connectivity index (χ1n) is 8.50. The summed E-state index contributed by atoms with van der Waals surface area (Å²) in [5, 5.41) is 11.6. The molecule has 1 atom stereocenters. The topological polar surface area (TPSA) is 26.7 Å². The van der Waals surface area contributed by atoms with Gasteiger partial charge < -0.3 is 10.0 Å². The van der Waals surface area contributed by atoms with E-state index in [0.717, 1.165) is 36.8 Å². The number of anilines is 1. The molecule has 1 saturated heterocycles. The SMILES string of the molecule is O[C@@H](CSc1c(Cl)cccc1Cl)CN1CCN(c2ccc(F)cc2)CC1. The van der Waals surface area contributed by atoms with E-state index in [1.165, 1.54) is 23.9 Å². The number of thioether (sulfide) groups is 1. The highest BCUT2D eigenvalue weighted by atomic mass is 35.5. The summed E-state index contributed by atoms with van der Waals surface area (Å²) in [5.41, 5.74) is 1.04. The smallest absolute Gasteiger partial charge is 0.123 e. The van der Waals surface area contributed by atoms with Crippen molar-refractivity contribution in [1.82, 2.24) is 4.90 Å². The summed E-state index contributed by atoms with van der Waals surface area (Å²) in [6.45, 7) is 4.08. The van der Waals surface area contributed by atoms with Crippen molar-refractivity contribution in [1.29, 1.82) is 0 Å². The van der Waals surface area contributed by atoms with Crippen molar-refractivity contribution in [2.75, 3.05) is 43.4 Å². The van der Waals surface area contributed by atoms with Crippen LogP contribution in [0.4, 0.5) is 10.1 Å². The number of aliphatic hydroxyl groups excluding tert-OH is 1. The summed E-state index contributed by atoms with van der Waals surface area (Å²) in [4.78, 5) is 5.30. The Hall–Kier alpha value is -0.980. The highest BCUT2D eigenvalue weighted by Gasteiger charge is 2.20. The summed E-state index contributed by atoms with van der Waals surface area (Å²) in [5.74, 6) is 0.327. The van der Waals surface area contributed by atoms with Crippen molar-refractivity contribution in [3.05, 3.63) is 58.3 Å². The molecule has 2 aromatic rings. The van der Waals surface area contributed by atoms with Crippen LogP contribution in [0.3, 0.4) is 0 Å². The van der Waals surface area contributed by atoms with Gasteiger partial charge in [0.2, 0.25) is 0 Å². The van der Waals surface area contributed by atoms with Crippen LogP contribution in [0.25, 0.3) is 0 Å². The number of hydrogen-bond donors (Lipinski definition) is 1. The van der Waals surface area contributed by atoms with Crippen LogP contribution in [0.5, 0.6) is 0 Å². The Kier molecular flexibility index (Phi) is 7.06. The second kappa shape index (κ2) is 9.29. The molecule has 1 heterocycles. The van der Waals surface area contributed by atoms with Gasteiger partial charge in [0.05, 0.1) is 16.1 Å². The molecule has 0 radical (unpaired) electrons. The molecule has 1 aliphatic rings. The Bertz CT molecular complexity index is 704. The molecule has 1 N–H and O–H groups in total.